The Morgan fingerprint density at radius 3 is 2.21 bits per heavy atom. The van der Waals surface area contributed by atoms with Crippen LogP contribution in [0.2, 0.25) is 0 Å². The van der Waals surface area contributed by atoms with E-state index in [1.165, 1.54) is 12.1 Å². The van der Waals surface area contributed by atoms with Crippen LogP contribution in [0.25, 0.3) is 0 Å². The van der Waals surface area contributed by atoms with E-state index in [2.05, 4.69) is 10.6 Å². The van der Waals surface area contributed by atoms with Gasteiger partial charge in [0.25, 0.3) is 11.8 Å². The molecule has 0 aliphatic carbocycles. The maximum Gasteiger partial charge on any atom is 0.262 e. The monoisotopic (exact) mass is 390 g/mol. The number of aromatic hydroxyl groups is 1. The molecule has 0 bridgehead atoms. The summed E-state index contributed by atoms with van der Waals surface area (Å²) in [5.41, 5.74) is 3.63. The molecule has 0 radical (unpaired) electrons. The van der Waals surface area contributed by atoms with Gasteiger partial charge < -0.3 is 20.5 Å². The Kier molecular flexibility index (Phi) is 6.14. The highest BCUT2D eigenvalue weighted by Gasteiger charge is 2.08. The number of hydrogen-bond acceptors (Lipinski definition) is 4. The summed E-state index contributed by atoms with van der Waals surface area (Å²) >= 11 is 0. The Morgan fingerprint density at radius 2 is 1.55 bits per heavy atom. The average molecular weight is 390 g/mol. The zero-order chi connectivity index (χ0) is 20.8. The number of ether oxygens (including phenoxy) is 1. The van der Waals surface area contributed by atoms with Crippen LogP contribution >= 0.6 is 0 Å². The van der Waals surface area contributed by atoms with Crippen molar-refractivity contribution in [2.75, 3.05) is 17.2 Å². The maximum atomic E-state index is 12.3. The molecule has 3 aromatic rings. The lowest BCUT2D eigenvalue weighted by atomic mass is 10.1. The highest BCUT2D eigenvalue weighted by atomic mass is 16.5. The van der Waals surface area contributed by atoms with Crippen LogP contribution in [0.3, 0.4) is 0 Å². The molecule has 0 atom stereocenters. The predicted molar refractivity (Wildman–Crippen MR) is 113 cm³/mol. The maximum absolute atomic E-state index is 12.3. The lowest BCUT2D eigenvalue weighted by Gasteiger charge is -2.10. The second-order valence-electron chi connectivity index (χ2n) is 6.74. The van der Waals surface area contributed by atoms with E-state index >= 15 is 0 Å². The van der Waals surface area contributed by atoms with Gasteiger partial charge in [0.05, 0.1) is 0 Å². The first-order chi connectivity index (χ1) is 13.9. The second kappa shape index (κ2) is 8.93. The number of benzene rings is 3. The normalized spacial score (nSPS) is 10.3. The molecule has 0 spiro atoms. The molecule has 3 N–H and O–H groups in total. The molecule has 148 valence electrons. The fourth-order valence-electron chi connectivity index (χ4n) is 2.85. The van der Waals surface area contributed by atoms with E-state index in [0.717, 1.165) is 11.1 Å². The number of carbonyl (C=O) groups is 2. The number of phenolic OH excluding ortho intramolecular Hbond substituents is 1. The standard InChI is InChI=1S/C23H22N2O4/c1-15-10-16(2)12-21(11-15)29-14-22(27)24-18-8-6-17(7-9-18)23(28)25-19-4-3-5-20(26)13-19/h3-13,26H,14H2,1-2H3,(H,24,27)(H,25,28). The molecule has 0 saturated carbocycles. The van der Waals surface area contributed by atoms with Crippen LogP contribution in [0.5, 0.6) is 11.5 Å². The minimum Gasteiger partial charge on any atom is -0.508 e. The van der Waals surface area contributed by atoms with Crippen molar-refractivity contribution in [3.63, 3.8) is 0 Å². The molecule has 6 nitrogen and oxygen atoms in total. The van der Waals surface area contributed by atoms with E-state index in [1.807, 2.05) is 32.0 Å². The molecule has 0 saturated heterocycles. The SMILES string of the molecule is Cc1cc(C)cc(OCC(=O)Nc2ccc(C(=O)Nc3cccc(O)c3)cc2)c1. The van der Waals surface area contributed by atoms with Crippen LogP contribution in [-0.4, -0.2) is 23.5 Å². The van der Waals surface area contributed by atoms with Crippen molar-refractivity contribution in [2.24, 2.45) is 0 Å². The molecule has 3 rings (SSSR count). The average Bonchev–Trinajstić information content (AvgIpc) is 2.66. The minimum absolute atomic E-state index is 0.0731. The zero-order valence-corrected chi connectivity index (χ0v) is 16.2. The number of carbonyl (C=O) groups excluding carboxylic acids is 2. The van der Waals surface area contributed by atoms with Crippen LogP contribution in [0.4, 0.5) is 11.4 Å². The predicted octanol–water partition coefficient (Wildman–Crippen LogP) is 4.28. The molecule has 0 aliphatic rings. The molecule has 0 fully saturated rings. The molecule has 0 aliphatic heterocycles. The van der Waals surface area contributed by atoms with Gasteiger partial charge >= 0.3 is 0 Å². The number of phenols is 1. The molecule has 0 heterocycles. The summed E-state index contributed by atoms with van der Waals surface area (Å²) < 4.78 is 5.54. The van der Waals surface area contributed by atoms with Crippen molar-refractivity contribution in [3.8, 4) is 11.5 Å². The summed E-state index contributed by atoms with van der Waals surface area (Å²) in [6.07, 6.45) is 0. The van der Waals surface area contributed by atoms with Crippen molar-refractivity contribution in [1.82, 2.24) is 0 Å². The molecular weight excluding hydrogens is 368 g/mol. The van der Waals surface area contributed by atoms with Gasteiger partial charge in [-0.25, -0.2) is 0 Å². The molecule has 6 heteroatoms. The van der Waals surface area contributed by atoms with Crippen molar-refractivity contribution in [2.45, 2.75) is 13.8 Å². The summed E-state index contributed by atoms with van der Waals surface area (Å²) in [7, 11) is 0. The van der Waals surface area contributed by atoms with E-state index in [1.54, 1.807) is 36.4 Å². The number of nitrogens with one attached hydrogen (secondary N) is 2. The summed E-state index contributed by atoms with van der Waals surface area (Å²) in [4.78, 5) is 24.4. The molecule has 29 heavy (non-hydrogen) atoms. The lowest BCUT2D eigenvalue weighted by Crippen LogP contribution is -2.20. The van der Waals surface area contributed by atoms with Crippen molar-refractivity contribution >= 4 is 23.2 Å². The van der Waals surface area contributed by atoms with E-state index in [-0.39, 0.29) is 24.2 Å². The van der Waals surface area contributed by atoms with Crippen LogP contribution in [-0.2, 0) is 4.79 Å². The first-order valence-electron chi connectivity index (χ1n) is 9.10. The van der Waals surface area contributed by atoms with Gasteiger partial charge in [0.1, 0.15) is 11.5 Å². The topological polar surface area (TPSA) is 87.7 Å². The van der Waals surface area contributed by atoms with Gasteiger partial charge in [0.2, 0.25) is 0 Å². The smallest absolute Gasteiger partial charge is 0.262 e. The third-order valence-electron chi connectivity index (χ3n) is 4.10. The lowest BCUT2D eigenvalue weighted by molar-refractivity contribution is -0.118. The number of aryl methyl sites for hydroxylation is 2. The quantitative estimate of drug-likeness (QED) is 0.586. The Balaban J connectivity index is 1.54. The van der Waals surface area contributed by atoms with E-state index in [4.69, 9.17) is 4.74 Å². The summed E-state index contributed by atoms with van der Waals surface area (Å²) in [5, 5.41) is 14.9. The van der Waals surface area contributed by atoms with Crippen LogP contribution in [0, 0.1) is 13.8 Å². The molecule has 3 aromatic carbocycles. The number of rotatable bonds is 6. The molecule has 0 aromatic heterocycles. The van der Waals surface area contributed by atoms with Gasteiger partial charge in [-0.05, 0) is 73.5 Å². The minimum atomic E-state index is -0.313. The molecule has 2 amide bonds. The Bertz CT molecular complexity index is 1010. The van der Waals surface area contributed by atoms with Gasteiger partial charge in [-0.15, -0.1) is 0 Å². The summed E-state index contributed by atoms with van der Waals surface area (Å²) in [6, 6.07) is 18.6. The largest absolute Gasteiger partial charge is 0.508 e. The molecular formula is C23H22N2O4. The summed E-state index contributed by atoms with van der Waals surface area (Å²) in [6.45, 7) is 3.83. The first kappa shape index (κ1) is 19.9. The molecule has 0 unspecified atom stereocenters. The number of amides is 2. The van der Waals surface area contributed by atoms with Crippen LogP contribution in [0.15, 0.2) is 66.7 Å². The van der Waals surface area contributed by atoms with Gasteiger partial charge in [-0.3, -0.25) is 9.59 Å². The van der Waals surface area contributed by atoms with E-state index < -0.39 is 0 Å². The van der Waals surface area contributed by atoms with E-state index in [0.29, 0.717) is 22.7 Å². The number of hydrogen-bond donors (Lipinski definition) is 3. The van der Waals surface area contributed by atoms with Gasteiger partial charge in [-0.1, -0.05) is 12.1 Å². The van der Waals surface area contributed by atoms with Gasteiger partial charge in [0, 0.05) is 23.0 Å². The third kappa shape index (κ3) is 5.84. The van der Waals surface area contributed by atoms with Crippen molar-refractivity contribution < 1.29 is 19.4 Å². The van der Waals surface area contributed by atoms with Gasteiger partial charge in [0.15, 0.2) is 6.61 Å². The Hall–Kier alpha value is -3.80. The summed E-state index contributed by atoms with van der Waals surface area (Å²) in [5.74, 6) is 0.119. The van der Waals surface area contributed by atoms with Crippen LogP contribution in [0.1, 0.15) is 21.5 Å². The fourth-order valence-corrected chi connectivity index (χ4v) is 2.85. The van der Waals surface area contributed by atoms with Crippen LogP contribution < -0.4 is 15.4 Å². The first-order valence-corrected chi connectivity index (χ1v) is 9.10. The third-order valence-corrected chi connectivity index (χ3v) is 4.10. The Labute approximate surface area is 169 Å². The van der Waals surface area contributed by atoms with Crippen molar-refractivity contribution in [1.29, 1.82) is 0 Å². The fraction of sp³-hybridized carbons (Fsp3) is 0.130. The number of anilines is 2. The highest BCUT2D eigenvalue weighted by molar-refractivity contribution is 6.04. The van der Waals surface area contributed by atoms with E-state index in [9.17, 15) is 14.7 Å². The second-order valence-corrected chi connectivity index (χ2v) is 6.74. The highest BCUT2D eigenvalue weighted by Crippen LogP contribution is 2.18. The Morgan fingerprint density at radius 1 is 0.862 bits per heavy atom. The van der Waals surface area contributed by atoms with Gasteiger partial charge in [-0.2, -0.15) is 0 Å². The zero-order valence-electron chi connectivity index (χ0n) is 16.2. The van der Waals surface area contributed by atoms with Crippen molar-refractivity contribution in [3.05, 3.63) is 83.4 Å².